The number of carbonyl (C=O) groups is 1. The van der Waals surface area contributed by atoms with E-state index in [0.29, 0.717) is 6.04 Å². The SMILES string of the molecule is CCCCCCOc1cccc(NC(=O)NC2CCCCC2)c1. The van der Waals surface area contributed by atoms with E-state index in [-0.39, 0.29) is 6.03 Å². The fourth-order valence-electron chi connectivity index (χ4n) is 2.98. The van der Waals surface area contributed by atoms with Gasteiger partial charge in [-0.15, -0.1) is 0 Å². The standard InChI is InChI=1S/C19H30N2O2/c1-2-3-4-8-14-23-18-13-9-12-17(15-18)21-19(22)20-16-10-6-5-7-11-16/h9,12-13,15-16H,2-8,10-11,14H2,1H3,(H2,20,21,22). The number of nitrogens with one attached hydrogen (secondary N) is 2. The highest BCUT2D eigenvalue weighted by atomic mass is 16.5. The van der Waals surface area contributed by atoms with Gasteiger partial charge in [-0.1, -0.05) is 51.5 Å². The highest BCUT2D eigenvalue weighted by Gasteiger charge is 2.15. The van der Waals surface area contributed by atoms with Crippen molar-refractivity contribution >= 4 is 11.7 Å². The molecule has 1 aliphatic rings. The summed E-state index contributed by atoms with van der Waals surface area (Å²) in [5.41, 5.74) is 0.782. The van der Waals surface area contributed by atoms with E-state index in [1.165, 1.54) is 38.5 Å². The molecule has 0 radical (unpaired) electrons. The Labute approximate surface area is 140 Å². The number of amides is 2. The Morgan fingerprint density at radius 3 is 2.78 bits per heavy atom. The van der Waals surface area contributed by atoms with Crippen LogP contribution in [0.25, 0.3) is 0 Å². The molecule has 128 valence electrons. The maximum absolute atomic E-state index is 12.1. The Kier molecular flexibility index (Phi) is 7.78. The average Bonchev–Trinajstić information content (AvgIpc) is 2.56. The van der Waals surface area contributed by atoms with Crippen molar-refractivity contribution in [2.75, 3.05) is 11.9 Å². The van der Waals surface area contributed by atoms with Gasteiger partial charge in [0.1, 0.15) is 5.75 Å². The molecule has 1 saturated carbocycles. The molecule has 1 aromatic carbocycles. The summed E-state index contributed by atoms with van der Waals surface area (Å²) in [4.78, 5) is 12.1. The molecule has 4 heteroatoms. The predicted octanol–water partition coefficient (Wildman–Crippen LogP) is 5.10. The van der Waals surface area contributed by atoms with Crippen LogP contribution in [0.2, 0.25) is 0 Å². The van der Waals surface area contributed by atoms with E-state index in [1.807, 2.05) is 24.3 Å². The molecule has 0 heterocycles. The van der Waals surface area contributed by atoms with Crippen LogP contribution in [0.1, 0.15) is 64.7 Å². The van der Waals surface area contributed by atoms with Gasteiger partial charge in [-0.25, -0.2) is 4.79 Å². The molecule has 2 amide bonds. The summed E-state index contributed by atoms with van der Waals surface area (Å²) in [5, 5.41) is 5.97. The van der Waals surface area contributed by atoms with E-state index in [9.17, 15) is 4.79 Å². The quantitative estimate of drug-likeness (QED) is 0.655. The van der Waals surface area contributed by atoms with Crippen molar-refractivity contribution in [2.45, 2.75) is 70.8 Å². The molecule has 4 nitrogen and oxygen atoms in total. The Hall–Kier alpha value is -1.71. The molecule has 0 unspecified atom stereocenters. The van der Waals surface area contributed by atoms with Crippen LogP contribution in [0, 0.1) is 0 Å². The lowest BCUT2D eigenvalue weighted by atomic mass is 9.96. The van der Waals surface area contributed by atoms with Crippen molar-refractivity contribution in [3.8, 4) is 5.75 Å². The predicted molar refractivity (Wildman–Crippen MR) is 95.1 cm³/mol. The van der Waals surface area contributed by atoms with Crippen LogP contribution in [0.15, 0.2) is 24.3 Å². The molecule has 1 fully saturated rings. The number of hydrogen-bond acceptors (Lipinski definition) is 2. The lowest BCUT2D eigenvalue weighted by Crippen LogP contribution is -2.38. The number of benzene rings is 1. The summed E-state index contributed by atoms with van der Waals surface area (Å²) < 4.78 is 5.75. The van der Waals surface area contributed by atoms with Crippen LogP contribution < -0.4 is 15.4 Å². The highest BCUT2D eigenvalue weighted by molar-refractivity contribution is 5.89. The van der Waals surface area contributed by atoms with E-state index < -0.39 is 0 Å². The first-order valence-electron chi connectivity index (χ1n) is 9.08. The third-order valence-corrected chi connectivity index (χ3v) is 4.30. The summed E-state index contributed by atoms with van der Waals surface area (Å²) in [6, 6.07) is 7.84. The Morgan fingerprint density at radius 1 is 1.17 bits per heavy atom. The first-order valence-corrected chi connectivity index (χ1v) is 9.08. The average molecular weight is 318 g/mol. The van der Waals surface area contributed by atoms with Gasteiger partial charge in [0, 0.05) is 17.8 Å². The van der Waals surface area contributed by atoms with Gasteiger partial charge in [0.2, 0.25) is 0 Å². The zero-order chi connectivity index (χ0) is 16.3. The van der Waals surface area contributed by atoms with Gasteiger partial charge < -0.3 is 15.4 Å². The minimum absolute atomic E-state index is 0.114. The molecule has 2 rings (SSSR count). The smallest absolute Gasteiger partial charge is 0.319 e. The van der Waals surface area contributed by atoms with Gasteiger partial charge >= 0.3 is 6.03 Å². The second-order valence-corrected chi connectivity index (χ2v) is 6.37. The highest BCUT2D eigenvalue weighted by Crippen LogP contribution is 2.19. The summed E-state index contributed by atoms with van der Waals surface area (Å²) in [7, 11) is 0. The third kappa shape index (κ3) is 6.93. The molecule has 1 aliphatic carbocycles. The zero-order valence-corrected chi connectivity index (χ0v) is 14.3. The van der Waals surface area contributed by atoms with Crippen LogP contribution in [0.5, 0.6) is 5.75 Å². The molecule has 23 heavy (non-hydrogen) atoms. The molecule has 0 saturated heterocycles. The molecular weight excluding hydrogens is 288 g/mol. The summed E-state index contributed by atoms with van der Waals surface area (Å²) in [6.07, 6.45) is 10.7. The Morgan fingerprint density at radius 2 is 2.00 bits per heavy atom. The number of urea groups is 1. The summed E-state index contributed by atoms with van der Waals surface area (Å²) in [6.45, 7) is 2.94. The molecule has 0 aromatic heterocycles. The first-order chi connectivity index (χ1) is 11.3. The van der Waals surface area contributed by atoms with Gasteiger partial charge in [-0.2, -0.15) is 0 Å². The van der Waals surface area contributed by atoms with Crippen molar-refractivity contribution in [2.24, 2.45) is 0 Å². The van der Waals surface area contributed by atoms with Crippen LogP contribution >= 0.6 is 0 Å². The number of anilines is 1. The van der Waals surface area contributed by atoms with E-state index in [2.05, 4.69) is 17.6 Å². The van der Waals surface area contributed by atoms with Crippen molar-refractivity contribution < 1.29 is 9.53 Å². The van der Waals surface area contributed by atoms with E-state index in [1.54, 1.807) is 0 Å². The lowest BCUT2D eigenvalue weighted by molar-refractivity contribution is 0.244. The Bertz CT molecular complexity index is 470. The van der Waals surface area contributed by atoms with Crippen molar-refractivity contribution in [3.05, 3.63) is 24.3 Å². The minimum atomic E-state index is -0.114. The second-order valence-electron chi connectivity index (χ2n) is 6.37. The van der Waals surface area contributed by atoms with Gasteiger partial charge in [-0.05, 0) is 31.4 Å². The molecule has 0 aliphatic heterocycles. The third-order valence-electron chi connectivity index (χ3n) is 4.30. The normalized spacial score (nSPS) is 15.2. The molecule has 0 atom stereocenters. The molecule has 1 aromatic rings. The van der Waals surface area contributed by atoms with Gasteiger partial charge in [0.25, 0.3) is 0 Å². The van der Waals surface area contributed by atoms with Crippen molar-refractivity contribution in [3.63, 3.8) is 0 Å². The van der Waals surface area contributed by atoms with Gasteiger partial charge in [0.05, 0.1) is 6.61 Å². The number of hydrogen-bond donors (Lipinski definition) is 2. The lowest BCUT2D eigenvalue weighted by Gasteiger charge is -2.22. The monoisotopic (exact) mass is 318 g/mol. The van der Waals surface area contributed by atoms with Gasteiger partial charge in [0.15, 0.2) is 0 Å². The number of unbranched alkanes of at least 4 members (excludes halogenated alkanes) is 3. The molecule has 0 bridgehead atoms. The van der Waals surface area contributed by atoms with E-state index in [0.717, 1.165) is 37.3 Å². The summed E-state index contributed by atoms with van der Waals surface area (Å²) in [5.74, 6) is 0.817. The fraction of sp³-hybridized carbons (Fsp3) is 0.632. The molecule has 2 N–H and O–H groups in total. The van der Waals surface area contributed by atoms with E-state index in [4.69, 9.17) is 4.74 Å². The van der Waals surface area contributed by atoms with Crippen LogP contribution in [-0.2, 0) is 0 Å². The second kappa shape index (κ2) is 10.1. The fourth-order valence-corrected chi connectivity index (χ4v) is 2.98. The summed E-state index contributed by atoms with van der Waals surface area (Å²) >= 11 is 0. The topological polar surface area (TPSA) is 50.4 Å². The number of carbonyl (C=O) groups excluding carboxylic acids is 1. The van der Waals surface area contributed by atoms with Crippen molar-refractivity contribution in [1.29, 1.82) is 0 Å². The molecule has 0 spiro atoms. The Balaban J connectivity index is 1.73. The largest absolute Gasteiger partial charge is 0.494 e. The van der Waals surface area contributed by atoms with Crippen LogP contribution in [-0.4, -0.2) is 18.7 Å². The number of ether oxygens (including phenoxy) is 1. The van der Waals surface area contributed by atoms with Crippen LogP contribution in [0.4, 0.5) is 10.5 Å². The zero-order valence-electron chi connectivity index (χ0n) is 14.3. The minimum Gasteiger partial charge on any atom is -0.494 e. The molecular formula is C19H30N2O2. The van der Waals surface area contributed by atoms with Crippen molar-refractivity contribution in [1.82, 2.24) is 5.32 Å². The van der Waals surface area contributed by atoms with Crippen LogP contribution in [0.3, 0.4) is 0 Å². The van der Waals surface area contributed by atoms with E-state index >= 15 is 0 Å². The maximum atomic E-state index is 12.1. The van der Waals surface area contributed by atoms with Gasteiger partial charge in [-0.3, -0.25) is 0 Å². The maximum Gasteiger partial charge on any atom is 0.319 e. The number of rotatable bonds is 8. The first kappa shape index (κ1) is 17.6.